The summed E-state index contributed by atoms with van der Waals surface area (Å²) in [6.45, 7) is 4.15. The molecule has 0 bridgehead atoms. The van der Waals surface area contributed by atoms with Crippen molar-refractivity contribution in [2.45, 2.75) is 13.8 Å². The zero-order valence-corrected chi connectivity index (χ0v) is 13.0. The second-order valence-corrected chi connectivity index (χ2v) is 5.18. The molecule has 0 aromatic heterocycles. The Labute approximate surface area is 133 Å². The van der Waals surface area contributed by atoms with E-state index >= 15 is 0 Å². The Kier molecular flexibility index (Phi) is 5.51. The first-order valence-corrected chi connectivity index (χ1v) is 7.15. The third-order valence-corrected chi connectivity index (χ3v) is 3.02. The highest BCUT2D eigenvalue weighted by molar-refractivity contribution is 5.89. The van der Waals surface area contributed by atoms with Gasteiger partial charge >= 0.3 is 6.03 Å². The Balaban J connectivity index is 1.76. The number of aryl methyl sites for hydroxylation is 2. The van der Waals surface area contributed by atoms with Gasteiger partial charge in [-0.15, -0.1) is 0 Å². The van der Waals surface area contributed by atoms with Crippen LogP contribution in [0.25, 0.3) is 0 Å². The number of amides is 2. The van der Waals surface area contributed by atoms with Crippen LogP contribution < -0.4 is 15.4 Å². The number of halogens is 2. The van der Waals surface area contributed by atoms with Gasteiger partial charge in [-0.05, 0) is 49.2 Å². The van der Waals surface area contributed by atoms with Crippen molar-refractivity contribution < 1.29 is 18.3 Å². The maximum atomic E-state index is 13.3. The number of carbonyl (C=O) groups excluding carboxylic acids is 1. The lowest BCUT2D eigenvalue weighted by Gasteiger charge is -2.10. The van der Waals surface area contributed by atoms with Gasteiger partial charge in [0.05, 0.1) is 6.54 Å². The zero-order valence-electron chi connectivity index (χ0n) is 13.0. The standard InChI is InChI=1S/C17H18F2N2O2/c1-11-7-12(2)9-14(8-11)21-17(22)20-5-6-23-16-4-3-13(18)10-15(16)19/h3-4,7-10H,5-6H2,1-2H3,(H2,20,21,22). The van der Waals surface area contributed by atoms with E-state index in [4.69, 9.17) is 4.74 Å². The van der Waals surface area contributed by atoms with Crippen molar-refractivity contribution in [3.63, 3.8) is 0 Å². The predicted octanol–water partition coefficient (Wildman–Crippen LogP) is 3.78. The van der Waals surface area contributed by atoms with Gasteiger partial charge in [-0.1, -0.05) is 6.07 Å². The van der Waals surface area contributed by atoms with Crippen molar-refractivity contribution in [1.29, 1.82) is 0 Å². The summed E-state index contributed by atoms with van der Waals surface area (Å²) in [5.41, 5.74) is 2.80. The highest BCUT2D eigenvalue weighted by Gasteiger charge is 2.06. The molecular formula is C17H18F2N2O2. The number of anilines is 1. The van der Waals surface area contributed by atoms with Gasteiger partial charge in [0.1, 0.15) is 12.4 Å². The Hall–Kier alpha value is -2.63. The summed E-state index contributed by atoms with van der Waals surface area (Å²) >= 11 is 0. The van der Waals surface area contributed by atoms with E-state index < -0.39 is 11.6 Å². The van der Waals surface area contributed by atoms with Crippen LogP contribution in [0.15, 0.2) is 36.4 Å². The average Bonchev–Trinajstić information content (AvgIpc) is 2.44. The number of nitrogens with one attached hydrogen (secondary N) is 2. The van der Waals surface area contributed by atoms with Gasteiger partial charge < -0.3 is 15.4 Å². The Morgan fingerprint density at radius 3 is 2.43 bits per heavy atom. The average molecular weight is 320 g/mol. The largest absolute Gasteiger partial charge is 0.489 e. The molecule has 4 nitrogen and oxygen atoms in total. The van der Waals surface area contributed by atoms with Crippen LogP contribution in [0.2, 0.25) is 0 Å². The van der Waals surface area contributed by atoms with Crippen LogP contribution in [0, 0.1) is 25.5 Å². The molecule has 0 saturated carbocycles. The molecule has 0 spiro atoms. The van der Waals surface area contributed by atoms with Crippen LogP contribution in [-0.4, -0.2) is 19.2 Å². The quantitative estimate of drug-likeness (QED) is 0.824. The van der Waals surface area contributed by atoms with E-state index in [1.165, 1.54) is 6.07 Å². The first-order chi connectivity index (χ1) is 10.9. The normalized spacial score (nSPS) is 10.3. The number of carbonyl (C=O) groups is 1. The number of ether oxygens (including phenoxy) is 1. The summed E-state index contributed by atoms with van der Waals surface area (Å²) in [4.78, 5) is 11.8. The van der Waals surface area contributed by atoms with Crippen molar-refractivity contribution in [3.05, 3.63) is 59.2 Å². The fourth-order valence-electron chi connectivity index (χ4n) is 2.14. The van der Waals surface area contributed by atoms with Crippen molar-refractivity contribution in [3.8, 4) is 5.75 Å². The SMILES string of the molecule is Cc1cc(C)cc(NC(=O)NCCOc2ccc(F)cc2F)c1. The van der Waals surface area contributed by atoms with E-state index in [0.717, 1.165) is 23.3 Å². The van der Waals surface area contributed by atoms with E-state index in [1.54, 1.807) is 0 Å². The van der Waals surface area contributed by atoms with Gasteiger partial charge in [-0.25, -0.2) is 13.6 Å². The Bertz CT molecular complexity index is 685. The lowest BCUT2D eigenvalue weighted by Crippen LogP contribution is -2.32. The van der Waals surface area contributed by atoms with Crippen LogP contribution in [0.4, 0.5) is 19.3 Å². The number of rotatable bonds is 5. The van der Waals surface area contributed by atoms with Crippen LogP contribution in [0.5, 0.6) is 5.75 Å². The minimum absolute atomic E-state index is 0.0529. The summed E-state index contributed by atoms with van der Waals surface area (Å²) in [7, 11) is 0. The highest BCUT2D eigenvalue weighted by atomic mass is 19.1. The topological polar surface area (TPSA) is 50.4 Å². The molecule has 2 rings (SSSR count). The molecule has 122 valence electrons. The molecule has 0 aliphatic heterocycles. The monoisotopic (exact) mass is 320 g/mol. The van der Waals surface area contributed by atoms with Gasteiger partial charge in [0.2, 0.25) is 0 Å². The van der Waals surface area contributed by atoms with Gasteiger partial charge in [0.25, 0.3) is 0 Å². The van der Waals surface area contributed by atoms with E-state index in [-0.39, 0.29) is 24.9 Å². The van der Waals surface area contributed by atoms with Crippen LogP contribution in [0.1, 0.15) is 11.1 Å². The number of hydrogen-bond acceptors (Lipinski definition) is 2. The molecule has 0 radical (unpaired) electrons. The second kappa shape index (κ2) is 7.58. The molecule has 0 aliphatic rings. The third kappa shape index (κ3) is 5.25. The molecular weight excluding hydrogens is 302 g/mol. The smallest absolute Gasteiger partial charge is 0.319 e. The summed E-state index contributed by atoms with van der Waals surface area (Å²) < 4.78 is 31.2. The molecule has 2 amide bonds. The number of hydrogen-bond donors (Lipinski definition) is 2. The second-order valence-electron chi connectivity index (χ2n) is 5.18. The maximum Gasteiger partial charge on any atom is 0.319 e. The van der Waals surface area contributed by atoms with E-state index in [9.17, 15) is 13.6 Å². The Morgan fingerprint density at radius 2 is 1.78 bits per heavy atom. The van der Waals surface area contributed by atoms with E-state index in [0.29, 0.717) is 5.69 Å². The molecule has 2 aromatic carbocycles. The van der Waals surface area contributed by atoms with E-state index in [1.807, 2.05) is 32.0 Å². The van der Waals surface area contributed by atoms with Gasteiger partial charge in [-0.3, -0.25) is 0 Å². The van der Waals surface area contributed by atoms with Crippen LogP contribution in [0.3, 0.4) is 0 Å². The Morgan fingerprint density at radius 1 is 1.09 bits per heavy atom. The highest BCUT2D eigenvalue weighted by Crippen LogP contribution is 2.17. The molecule has 0 fully saturated rings. The van der Waals surface area contributed by atoms with Gasteiger partial charge in [0, 0.05) is 11.8 Å². The first kappa shape index (κ1) is 16.7. The summed E-state index contributed by atoms with van der Waals surface area (Å²) in [5.74, 6) is -1.49. The molecule has 6 heteroatoms. The molecule has 0 unspecified atom stereocenters. The zero-order chi connectivity index (χ0) is 16.8. The van der Waals surface area contributed by atoms with Crippen molar-refractivity contribution >= 4 is 11.7 Å². The predicted molar refractivity (Wildman–Crippen MR) is 84.8 cm³/mol. The van der Waals surface area contributed by atoms with E-state index in [2.05, 4.69) is 10.6 Å². The van der Waals surface area contributed by atoms with Crippen molar-refractivity contribution in [2.75, 3.05) is 18.5 Å². The van der Waals surface area contributed by atoms with Crippen molar-refractivity contribution in [1.82, 2.24) is 5.32 Å². The third-order valence-electron chi connectivity index (χ3n) is 3.02. The summed E-state index contributed by atoms with van der Waals surface area (Å²) in [6.07, 6.45) is 0. The maximum absolute atomic E-state index is 13.3. The first-order valence-electron chi connectivity index (χ1n) is 7.15. The molecule has 0 aliphatic carbocycles. The molecule has 0 atom stereocenters. The fourth-order valence-corrected chi connectivity index (χ4v) is 2.14. The van der Waals surface area contributed by atoms with Gasteiger partial charge in [-0.2, -0.15) is 0 Å². The van der Waals surface area contributed by atoms with Crippen LogP contribution >= 0.6 is 0 Å². The van der Waals surface area contributed by atoms with Crippen LogP contribution in [-0.2, 0) is 0 Å². The number of benzene rings is 2. The van der Waals surface area contributed by atoms with Gasteiger partial charge in [0.15, 0.2) is 11.6 Å². The fraction of sp³-hybridized carbons (Fsp3) is 0.235. The molecule has 2 aromatic rings. The van der Waals surface area contributed by atoms with Crippen molar-refractivity contribution in [2.24, 2.45) is 0 Å². The lowest BCUT2D eigenvalue weighted by atomic mass is 10.1. The molecule has 2 N–H and O–H groups in total. The minimum atomic E-state index is -0.773. The number of urea groups is 1. The summed E-state index contributed by atoms with van der Waals surface area (Å²) in [6, 6.07) is 8.41. The lowest BCUT2D eigenvalue weighted by molar-refractivity contribution is 0.246. The molecule has 0 heterocycles. The molecule has 0 saturated heterocycles. The minimum Gasteiger partial charge on any atom is -0.489 e. The summed E-state index contributed by atoms with van der Waals surface area (Å²) in [5, 5.41) is 5.31. The molecule has 23 heavy (non-hydrogen) atoms.